The Morgan fingerprint density at radius 2 is 1.37 bits per heavy atom. The standard InChI is InChI=1S/C22H18O5/c1-3-9-16(10-4-1)20-18-13-7-8-14-19(18)21-25-22(20,27-24-15-23-26-21)17-11-5-2-6-12-17/h1-14,20-21H,15H2. The zero-order valence-corrected chi connectivity index (χ0v) is 14.5. The van der Waals surface area contributed by atoms with Crippen LogP contribution in [-0.2, 0) is 30.1 Å². The van der Waals surface area contributed by atoms with E-state index < -0.39 is 12.1 Å². The summed E-state index contributed by atoms with van der Waals surface area (Å²) in [7, 11) is 0. The fourth-order valence-electron chi connectivity index (χ4n) is 3.84. The van der Waals surface area contributed by atoms with Gasteiger partial charge < -0.3 is 4.74 Å². The molecule has 0 aliphatic carbocycles. The van der Waals surface area contributed by atoms with Gasteiger partial charge in [0.1, 0.15) is 0 Å². The monoisotopic (exact) mass is 362 g/mol. The minimum Gasteiger partial charge on any atom is -0.306 e. The molecule has 5 rings (SSSR count). The summed E-state index contributed by atoms with van der Waals surface area (Å²) in [5.41, 5.74) is 3.84. The van der Waals surface area contributed by atoms with Crippen molar-refractivity contribution in [1.82, 2.24) is 0 Å². The lowest BCUT2D eigenvalue weighted by atomic mass is 9.77. The van der Waals surface area contributed by atoms with Crippen molar-refractivity contribution in [3.63, 3.8) is 0 Å². The van der Waals surface area contributed by atoms with E-state index in [2.05, 4.69) is 18.2 Å². The lowest BCUT2D eigenvalue weighted by Crippen LogP contribution is -2.46. The molecular weight excluding hydrogens is 344 g/mol. The van der Waals surface area contributed by atoms with Crippen molar-refractivity contribution in [2.24, 2.45) is 0 Å². The molecule has 0 N–H and O–H groups in total. The summed E-state index contributed by atoms with van der Waals surface area (Å²) in [6.07, 6.45) is -0.731. The summed E-state index contributed by atoms with van der Waals surface area (Å²) in [6.45, 7) is -0.155. The summed E-state index contributed by atoms with van der Waals surface area (Å²) in [5, 5.41) is 0. The molecule has 5 heteroatoms. The highest BCUT2D eigenvalue weighted by Crippen LogP contribution is 2.54. The molecule has 5 nitrogen and oxygen atoms in total. The van der Waals surface area contributed by atoms with Gasteiger partial charge in [-0.15, -0.1) is 0 Å². The first-order valence-electron chi connectivity index (χ1n) is 8.84. The van der Waals surface area contributed by atoms with Crippen molar-refractivity contribution < 1.29 is 24.3 Å². The average Bonchev–Trinajstić information content (AvgIpc) is 2.73. The van der Waals surface area contributed by atoms with Crippen LogP contribution in [0.25, 0.3) is 0 Å². The van der Waals surface area contributed by atoms with E-state index in [1.54, 1.807) is 0 Å². The van der Waals surface area contributed by atoms with Crippen molar-refractivity contribution >= 4 is 0 Å². The highest BCUT2D eigenvalue weighted by molar-refractivity contribution is 5.45. The van der Waals surface area contributed by atoms with Gasteiger partial charge in [-0.2, -0.15) is 9.78 Å². The largest absolute Gasteiger partial charge is 0.306 e. The molecule has 3 aromatic carbocycles. The van der Waals surface area contributed by atoms with Crippen molar-refractivity contribution in [3.05, 3.63) is 107 Å². The molecule has 0 spiro atoms. The second-order valence-electron chi connectivity index (χ2n) is 6.49. The van der Waals surface area contributed by atoms with Gasteiger partial charge in [-0.05, 0) is 11.1 Å². The number of rotatable bonds is 2. The van der Waals surface area contributed by atoms with Crippen LogP contribution in [0, 0.1) is 0 Å². The summed E-state index contributed by atoms with van der Waals surface area (Å²) in [4.78, 5) is 21.8. The topological polar surface area (TPSA) is 46.2 Å². The van der Waals surface area contributed by atoms with Gasteiger partial charge >= 0.3 is 0 Å². The second-order valence-corrected chi connectivity index (χ2v) is 6.49. The summed E-state index contributed by atoms with van der Waals surface area (Å²) >= 11 is 0. The zero-order chi connectivity index (χ0) is 18.1. The fraction of sp³-hybridized carbons (Fsp3) is 0.182. The van der Waals surface area contributed by atoms with E-state index in [-0.39, 0.29) is 12.7 Å². The number of hydrogen-bond donors (Lipinski definition) is 0. The smallest absolute Gasteiger partial charge is 0.241 e. The number of benzene rings is 3. The Balaban J connectivity index is 1.79. The lowest BCUT2D eigenvalue weighted by Gasteiger charge is -2.46. The maximum atomic E-state index is 6.40. The molecule has 2 aliphatic rings. The zero-order valence-electron chi connectivity index (χ0n) is 14.5. The van der Waals surface area contributed by atoms with E-state index in [4.69, 9.17) is 24.3 Å². The van der Waals surface area contributed by atoms with Crippen LogP contribution < -0.4 is 0 Å². The lowest BCUT2D eigenvalue weighted by molar-refractivity contribution is -0.566. The fourth-order valence-corrected chi connectivity index (χ4v) is 3.84. The van der Waals surface area contributed by atoms with E-state index in [9.17, 15) is 0 Å². The molecule has 136 valence electrons. The Labute approximate surface area is 156 Å². The first-order valence-corrected chi connectivity index (χ1v) is 8.84. The van der Waals surface area contributed by atoms with Gasteiger partial charge in [-0.3, -0.25) is 0 Å². The Morgan fingerprint density at radius 1 is 0.704 bits per heavy atom. The summed E-state index contributed by atoms with van der Waals surface area (Å²) < 4.78 is 6.40. The van der Waals surface area contributed by atoms with Gasteiger partial charge in [0.15, 0.2) is 0 Å². The highest BCUT2D eigenvalue weighted by Gasteiger charge is 2.53. The van der Waals surface area contributed by atoms with Crippen LogP contribution in [0.3, 0.4) is 0 Å². The Morgan fingerprint density at radius 3 is 2.15 bits per heavy atom. The second kappa shape index (κ2) is 6.88. The summed E-state index contributed by atoms with van der Waals surface area (Å²) in [6, 6.07) is 27.9. The highest BCUT2D eigenvalue weighted by atomic mass is 17.3. The van der Waals surface area contributed by atoms with Gasteiger partial charge in [-0.25, -0.2) is 9.78 Å². The third-order valence-electron chi connectivity index (χ3n) is 4.97. The van der Waals surface area contributed by atoms with Crippen LogP contribution in [0.2, 0.25) is 0 Å². The first-order chi connectivity index (χ1) is 13.4. The summed E-state index contributed by atoms with van der Waals surface area (Å²) in [5.74, 6) is -1.47. The number of ether oxygens (including phenoxy) is 1. The van der Waals surface area contributed by atoms with Crippen LogP contribution >= 0.6 is 0 Å². The molecule has 0 radical (unpaired) electrons. The molecule has 2 heterocycles. The van der Waals surface area contributed by atoms with E-state index in [1.807, 2.05) is 66.7 Å². The average molecular weight is 362 g/mol. The van der Waals surface area contributed by atoms with Crippen molar-refractivity contribution in [2.75, 3.05) is 6.79 Å². The molecule has 3 atom stereocenters. The Kier molecular flexibility index (Phi) is 4.24. The van der Waals surface area contributed by atoms with Crippen molar-refractivity contribution in [3.8, 4) is 0 Å². The van der Waals surface area contributed by atoms with Crippen LogP contribution in [0.1, 0.15) is 34.5 Å². The van der Waals surface area contributed by atoms with Crippen LogP contribution in [0.5, 0.6) is 0 Å². The van der Waals surface area contributed by atoms with Gasteiger partial charge in [0, 0.05) is 11.1 Å². The molecule has 0 aromatic heterocycles. The minimum absolute atomic E-state index is 0.155. The molecule has 3 unspecified atom stereocenters. The number of fused-ring (bicyclic) bond motifs is 4. The van der Waals surface area contributed by atoms with Crippen molar-refractivity contribution in [1.29, 1.82) is 0 Å². The van der Waals surface area contributed by atoms with Gasteiger partial charge in [0.2, 0.25) is 18.9 Å². The molecule has 0 amide bonds. The molecule has 1 fully saturated rings. The van der Waals surface area contributed by atoms with Gasteiger partial charge in [0.05, 0.1) is 5.92 Å². The third-order valence-corrected chi connectivity index (χ3v) is 4.97. The van der Waals surface area contributed by atoms with Crippen molar-refractivity contribution in [2.45, 2.75) is 18.0 Å². The predicted molar refractivity (Wildman–Crippen MR) is 95.9 cm³/mol. The molecule has 2 aliphatic heterocycles. The van der Waals surface area contributed by atoms with E-state index >= 15 is 0 Å². The third kappa shape index (κ3) is 2.77. The number of hydrogen-bond acceptors (Lipinski definition) is 5. The molecule has 27 heavy (non-hydrogen) atoms. The van der Waals surface area contributed by atoms with E-state index in [0.29, 0.717) is 0 Å². The predicted octanol–water partition coefficient (Wildman–Crippen LogP) is 4.57. The van der Waals surface area contributed by atoms with Gasteiger partial charge in [0.25, 0.3) is 0 Å². The van der Waals surface area contributed by atoms with Crippen LogP contribution in [0.4, 0.5) is 0 Å². The van der Waals surface area contributed by atoms with E-state index in [0.717, 1.165) is 22.3 Å². The molecule has 1 saturated heterocycles. The molecule has 0 saturated carbocycles. The normalized spacial score (nSPS) is 27.3. The molecule has 3 aromatic rings. The molecule has 2 bridgehead atoms. The maximum Gasteiger partial charge on any atom is 0.241 e. The maximum absolute atomic E-state index is 6.40. The SMILES string of the molecule is c1ccc(C2c3ccccc3C3OOCOOC2(c2ccccc2)O3)cc1. The quantitative estimate of drug-likeness (QED) is 0.625. The molecular formula is C22H18O5. The van der Waals surface area contributed by atoms with Gasteiger partial charge in [-0.1, -0.05) is 84.9 Å². The van der Waals surface area contributed by atoms with E-state index in [1.165, 1.54) is 0 Å². The van der Waals surface area contributed by atoms with Crippen LogP contribution in [0.15, 0.2) is 84.9 Å². The Bertz CT molecular complexity index is 914. The first kappa shape index (κ1) is 16.6. The van der Waals surface area contributed by atoms with Crippen LogP contribution in [-0.4, -0.2) is 6.79 Å². The minimum atomic E-state index is -1.22. The Hall–Kier alpha value is -2.54.